The summed E-state index contributed by atoms with van der Waals surface area (Å²) < 4.78 is 5.22. The summed E-state index contributed by atoms with van der Waals surface area (Å²) >= 11 is 0. The Labute approximate surface area is 180 Å². The Morgan fingerprint density at radius 2 is 2.03 bits per heavy atom. The van der Waals surface area contributed by atoms with E-state index in [1.165, 1.54) is 50.8 Å². The summed E-state index contributed by atoms with van der Waals surface area (Å²) in [5.41, 5.74) is 2.78. The number of nitrogens with one attached hydrogen (secondary N) is 1. The van der Waals surface area contributed by atoms with Crippen LogP contribution in [0.15, 0.2) is 35.9 Å². The van der Waals surface area contributed by atoms with Gasteiger partial charge in [0.2, 0.25) is 0 Å². The van der Waals surface area contributed by atoms with Crippen LogP contribution >= 0.6 is 0 Å². The minimum absolute atomic E-state index is 0.123. The maximum atomic E-state index is 13.1. The van der Waals surface area contributed by atoms with E-state index < -0.39 is 0 Å². The highest BCUT2D eigenvalue weighted by Crippen LogP contribution is 2.44. The first kappa shape index (κ1) is 19.9. The third-order valence-electron chi connectivity index (χ3n) is 7.77. The zero-order valence-corrected chi connectivity index (χ0v) is 18.2. The molecule has 0 saturated carbocycles. The monoisotopic (exact) mass is 409 g/mol. The number of nitrogens with zero attached hydrogens (tertiary/aromatic N) is 2. The zero-order valence-electron chi connectivity index (χ0n) is 18.2. The fourth-order valence-corrected chi connectivity index (χ4v) is 6.41. The van der Waals surface area contributed by atoms with Crippen molar-refractivity contribution in [3.8, 4) is 5.75 Å². The average Bonchev–Trinajstić information content (AvgIpc) is 2.79. The van der Waals surface area contributed by atoms with Crippen molar-refractivity contribution < 1.29 is 9.53 Å². The van der Waals surface area contributed by atoms with Gasteiger partial charge in [0, 0.05) is 25.7 Å². The molecule has 3 aliphatic heterocycles. The normalized spacial score (nSPS) is 30.7. The minimum Gasteiger partial charge on any atom is -0.497 e. The molecule has 3 fully saturated rings. The number of hydrogen-bond acceptors (Lipinski definition) is 3. The number of fused-ring (bicyclic) bond motifs is 6. The van der Waals surface area contributed by atoms with E-state index in [9.17, 15) is 4.79 Å². The van der Waals surface area contributed by atoms with Crippen LogP contribution in [0.25, 0.3) is 0 Å². The predicted octanol–water partition coefficient (Wildman–Crippen LogP) is 3.84. The van der Waals surface area contributed by atoms with Gasteiger partial charge < -0.3 is 15.0 Å². The highest BCUT2D eigenvalue weighted by Gasteiger charge is 2.46. The summed E-state index contributed by atoms with van der Waals surface area (Å²) in [5, 5.41) is 3.21. The molecule has 2 unspecified atom stereocenters. The molecule has 5 nitrogen and oxygen atoms in total. The Hall–Kier alpha value is -2.01. The second kappa shape index (κ2) is 8.62. The van der Waals surface area contributed by atoms with Crippen LogP contribution in [-0.4, -0.2) is 61.2 Å². The lowest BCUT2D eigenvalue weighted by Gasteiger charge is -2.54. The molecule has 3 heterocycles. The van der Waals surface area contributed by atoms with Crippen LogP contribution in [0.3, 0.4) is 0 Å². The molecule has 4 aliphatic rings. The molecule has 1 aromatic carbocycles. The number of benzene rings is 1. The van der Waals surface area contributed by atoms with Crippen molar-refractivity contribution in [2.75, 3.05) is 33.3 Å². The van der Waals surface area contributed by atoms with E-state index in [1.54, 1.807) is 12.7 Å². The number of piperidine rings is 3. The van der Waals surface area contributed by atoms with Gasteiger partial charge in [-0.3, -0.25) is 4.90 Å². The Bertz CT molecular complexity index is 790. The van der Waals surface area contributed by atoms with Gasteiger partial charge in [0.25, 0.3) is 0 Å². The standard InChI is InChI=1S/C25H35N3O2/c1-30-22-9-7-18(8-10-22)11-12-26-25(29)28-14-4-5-19-15-20-16-21(24(19)28)17-27-13-3-2-6-23(20)27/h7-10,15,20-21,23-24H,2-6,11-14,16-17H2,1H3,(H,26,29)/t20-,21-,23?,24?/m1/s1. The summed E-state index contributed by atoms with van der Waals surface area (Å²) in [7, 11) is 1.68. The van der Waals surface area contributed by atoms with Crippen LogP contribution < -0.4 is 10.1 Å². The number of carbonyl (C=O) groups excluding carboxylic acids is 1. The molecule has 162 valence electrons. The van der Waals surface area contributed by atoms with Gasteiger partial charge in [-0.05, 0) is 74.6 Å². The molecular formula is C25H35N3O2. The topological polar surface area (TPSA) is 44.8 Å². The van der Waals surface area contributed by atoms with Gasteiger partial charge in [0.05, 0.1) is 13.2 Å². The summed E-state index contributed by atoms with van der Waals surface area (Å²) in [6, 6.07) is 9.31. The predicted molar refractivity (Wildman–Crippen MR) is 119 cm³/mol. The lowest BCUT2D eigenvalue weighted by Crippen LogP contribution is -2.61. The fraction of sp³-hybridized carbons (Fsp3) is 0.640. The second-order valence-corrected chi connectivity index (χ2v) is 9.53. The lowest BCUT2D eigenvalue weighted by molar-refractivity contribution is 0.00793. The van der Waals surface area contributed by atoms with Crippen molar-refractivity contribution in [2.45, 2.75) is 57.0 Å². The quantitative estimate of drug-likeness (QED) is 0.769. The fourth-order valence-electron chi connectivity index (χ4n) is 6.41. The summed E-state index contributed by atoms with van der Waals surface area (Å²) in [4.78, 5) is 18.0. The van der Waals surface area contributed by atoms with Gasteiger partial charge in [0.15, 0.2) is 0 Å². The molecule has 1 aliphatic carbocycles. The van der Waals surface area contributed by atoms with E-state index in [1.807, 2.05) is 12.1 Å². The number of carbonyl (C=O) groups is 1. The van der Waals surface area contributed by atoms with Gasteiger partial charge >= 0.3 is 6.03 Å². The zero-order chi connectivity index (χ0) is 20.5. The molecule has 0 spiro atoms. The van der Waals surface area contributed by atoms with Crippen LogP contribution in [0.1, 0.15) is 44.1 Å². The van der Waals surface area contributed by atoms with Crippen molar-refractivity contribution in [1.29, 1.82) is 0 Å². The molecule has 5 heteroatoms. The molecule has 1 aromatic rings. The largest absolute Gasteiger partial charge is 0.497 e. The second-order valence-electron chi connectivity index (χ2n) is 9.53. The lowest BCUT2D eigenvalue weighted by atomic mass is 9.68. The van der Waals surface area contributed by atoms with Gasteiger partial charge in [-0.2, -0.15) is 0 Å². The average molecular weight is 410 g/mol. The Kier molecular flexibility index (Phi) is 5.72. The molecule has 30 heavy (non-hydrogen) atoms. The highest BCUT2D eigenvalue weighted by atomic mass is 16.5. The third-order valence-corrected chi connectivity index (χ3v) is 7.77. The third kappa shape index (κ3) is 3.84. The van der Waals surface area contributed by atoms with Gasteiger partial charge in [-0.1, -0.05) is 30.2 Å². The van der Waals surface area contributed by atoms with Crippen molar-refractivity contribution in [3.63, 3.8) is 0 Å². The molecule has 3 saturated heterocycles. The smallest absolute Gasteiger partial charge is 0.317 e. The molecule has 2 bridgehead atoms. The molecule has 4 atom stereocenters. The van der Waals surface area contributed by atoms with Gasteiger partial charge in [0.1, 0.15) is 5.75 Å². The Balaban J connectivity index is 1.23. The summed E-state index contributed by atoms with van der Waals surface area (Å²) in [5.74, 6) is 2.19. The first-order chi connectivity index (χ1) is 14.7. The first-order valence-corrected chi connectivity index (χ1v) is 11.8. The molecule has 0 aromatic heterocycles. The maximum absolute atomic E-state index is 13.1. The molecule has 0 radical (unpaired) electrons. The summed E-state index contributed by atoms with van der Waals surface area (Å²) in [6.07, 6.45) is 11.1. The van der Waals surface area contributed by atoms with E-state index in [4.69, 9.17) is 4.74 Å². The number of amides is 2. The van der Waals surface area contributed by atoms with Crippen molar-refractivity contribution in [1.82, 2.24) is 15.1 Å². The van der Waals surface area contributed by atoms with E-state index in [0.29, 0.717) is 24.4 Å². The van der Waals surface area contributed by atoms with Crippen molar-refractivity contribution >= 4 is 6.03 Å². The van der Waals surface area contributed by atoms with E-state index in [0.717, 1.165) is 31.2 Å². The Morgan fingerprint density at radius 1 is 1.17 bits per heavy atom. The van der Waals surface area contributed by atoms with Crippen LogP contribution in [0.4, 0.5) is 4.79 Å². The van der Waals surface area contributed by atoms with E-state index in [-0.39, 0.29) is 6.03 Å². The number of urea groups is 1. The molecule has 5 rings (SSSR count). The Morgan fingerprint density at radius 3 is 2.87 bits per heavy atom. The number of rotatable bonds is 4. The number of likely N-dealkylation sites (tertiary alicyclic amines) is 1. The van der Waals surface area contributed by atoms with E-state index >= 15 is 0 Å². The van der Waals surface area contributed by atoms with Crippen molar-refractivity contribution in [2.24, 2.45) is 11.8 Å². The van der Waals surface area contributed by atoms with Crippen LogP contribution in [-0.2, 0) is 6.42 Å². The van der Waals surface area contributed by atoms with Crippen LogP contribution in [0.5, 0.6) is 5.75 Å². The number of methoxy groups -OCH3 is 1. The first-order valence-electron chi connectivity index (χ1n) is 11.8. The molecular weight excluding hydrogens is 374 g/mol. The number of ether oxygens (including phenoxy) is 1. The van der Waals surface area contributed by atoms with Crippen LogP contribution in [0, 0.1) is 11.8 Å². The van der Waals surface area contributed by atoms with Gasteiger partial charge in [-0.25, -0.2) is 4.79 Å². The van der Waals surface area contributed by atoms with Gasteiger partial charge in [-0.15, -0.1) is 0 Å². The van der Waals surface area contributed by atoms with Crippen molar-refractivity contribution in [3.05, 3.63) is 41.5 Å². The van der Waals surface area contributed by atoms with Crippen LogP contribution in [0.2, 0.25) is 0 Å². The highest BCUT2D eigenvalue weighted by molar-refractivity contribution is 5.75. The molecule has 2 amide bonds. The van der Waals surface area contributed by atoms with E-state index in [2.05, 4.69) is 33.3 Å². The maximum Gasteiger partial charge on any atom is 0.317 e. The SMILES string of the molecule is COc1ccc(CCNC(=O)N2CCCC3=C[C@@H]4C[C@H](CN5CCCCC45)C32)cc1. The minimum atomic E-state index is 0.123. The number of hydrogen-bond donors (Lipinski definition) is 1. The molecule has 1 N–H and O–H groups in total. The summed E-state index contributed by atoms with van der Waals surface area (Å²) in [6.45, 7) is 4.00.